The van der Waals surface area contributed by atoms with E-state index in [9.17, 15) is 4.21 Å². The van der Waals surface area contributed by atoms with E-state index in [1.54, 1.807) is 0 Å². The molecule has 0 amide bonds. The van der Waals surface area contributed by atoms with Crippen LogP contribution in [0.25, 0.3) is 0 Å². The van der Waals surface area contributed by atoms with E-state index in [0.717, 1.165) is 17.9 Å². The molecule has 80 valence electrons. The van der Waals surface area contributed by atoms with Crippen molar-refractivity contribution in [2.75, 3.05) is 18.6 Å². The maximum Gasteiger partial charge on any atom is 0.0393 e. The first-order valence-corrected chi connectivity index (χ1v) is 6.42. The first kappa shape index (κ1) is 13.1. The molecular weight excluding hydrogens is 182 g/mol. The highest BCUT2D eigenvalue weighted by Crippen LogP contribution is 2.19. The second kappa shape index (κ2) is 5.76. The van der Waals surface area contributed by atoms with Crippen molar-refractivity contribution in [1.29, 1.82) is 0 Å². The van der Waals surface area contributed by atoms with Crippen LogP contribution in [0.3, 0.4) is 0 Å². The summed E-state index contributed by atoms with van der Waals surface area (Å²) < 4.78 is 11.5. The standard InChI is InChI=1S/C10H23NOS/c1-6-7-13(12)8-9(11-5)10(2,3)4/h9,11H,6-8H2,1-5H3. The summed E-state index contributed by atoms with van der Waals surface area (Å²) in [6.45, 7) is 8.61. The van der Waals surface area contributed by atoms with Gasteiger partial charge in [-0.3, -0.25) is 4.21 Å². The molecule has 0 aliphatic carbocycles. The third-order valence-electron chi connectivity index (χ3n) is 2.18. The summed E-state index contributed by atoms with van der Waals surface area (Å²) in [6.07, 6.45) is 1.01. The Morgan fingerprint density at radius 2 is 1.92 bits per heavy atom. The molecule has 2 nitrogen and oxygen atoms in total. The fourth-order valence-corrected chi connectivity index (χ4v) is 2.92. The van der Waals surface area contributed by atoms with Gasteiger partial charge in [-0.25, -0.2) is 0 Å². The smallest absolute Gasteiger partial charge is 0.0393 e. The molecule has 0 radical (unpaired) electrons. The lowest BCUT2D eigenvalue weighted by Crippen LogP contribution is -2.42. The molecule has 0 aliphatic rings. The molecule has 0 heterocycles. The Bertz CT molecular complexity index is 163. The molecule has 0 aromatic heterocycles. The van der Waals surface area contributed by atoms with Crippen LogP contribution in [0, 0.1) is 5.41 Å². The van der Waals surface area contributed by atoms with Gasteiger partial charge < -0.3 is 5.32 Å². The first-order valence-electron chi connectivity index (χ1n) is 4.94. The van der Waals surface area contributed by atoms with Crippen molar-refractivity contribution in [2.45, 2.75) is 40.2 Å². The van der Waals surface area contributed by atoms with Crippen molar-refractivity contribution >= 4 is 10.8 Å². The molecular formula is C10H23NOS. The van der Waals surface area contributed by atoms with Gasteiger partial charge >= 0.3 is 0 Å². The molecule has 3 heteroatoms. The van der Waals surface area contributed by atoms with Crippen molar-refractivity contribution in [3.8, 4) is 0 Å². The van der Waals surface area contributed by atoms with E-state index in [4.69, 9.17) is 0 Å². The van der Waals surface area contributed by atoms with E-state index in [1.807, 2.05) is 7.05 Å². The van der Waals surface area contributed by atoms with E-state index in [2.05, 4.69) is 33.0 Å². The quantitative estimate of drug-likeness (QED) is 0.741. The monoisotopic (exact) mass is 205 g/mol. The molecule has 0 bridgehead atoms. The van der Waals surface area contributed by atoms with Crippen molar-refractivity contribution in [3.05, 3.63) is 0 Å². The Balaban J connectivity index is 4.06. The van der Waals surface area contributed by atoms with Crippen molar-refractivity contribution in [2.24, 2.45) is 5.41 Å². The van der Waals surface area contributed by atoms with Crippen LogP contribution in [-0.2, 0) is 10.8 Å². The van der Waals surface area contributed by atoms with Crippen molar-refractivity contribution in [1.82, 2.24) is 5.32 Å². The van der Waals surface area contributed by atoms with Crippen LogP contribution in [0.1, 0.15) is 34.1 Å². The van der Waals surface area contributed by atoms with Crippen LogP contribution in [0.4, 0.5) is 0 Å². The average Bonchev–Trinajstić information content (AvgIpc) is 1.98. The van der Waals surface area contributed by atoms with Gasteiger partial charge in [0.05, 0.1) is 0 Å². The van der Waals surface area contributed by atoms with Crippen molar-refractivity contribution < 1.29 is 4.21 Å². The highest BCUT2D eigenvalue weighted by molar-refractivity contribution is 7.85. The molecule has 0 fully saturated rings. The zero-order chi connectivity index (χ0) is 10.5. The summed E-state index contributed by atoms with van der Waals surface area (Å²) in [5.41, 5.74) is 0.193. The molecule has 0 aromatic carbocycles. The van der Waals surface area contributed by atoms with Gasteiger partial charge in [0.15, 0.2) is 0 Å². The Morgan fingerprint density at radius 3 is 2.23 bits per heavy atom. The van der Waals surface area contributed by atoms with Crippen LogP contribution in [-0.4, -0.2) is 28.8 Å². The van der Waals surface area contributed by atoms with E-state index in [1.165, 1.54) is 0 Å². The lowest BCUT2D eigenvalue weighted by atomic mass is 9.88. The summed E-state index contributed by atoms with van der Waals surface area (Å²) in [5.74, 6) is 1.60. The SMILES string of the molecule is CCCS(=O)CC(NC)C(C)(C)C. The van der Waals surface area contributed by atoms with Gasteiger partial charge in [0.25, 0.3) is 0 Å². The summed E-state index contributed by atoms with van der Waals surface area (Å²) >= 11 is 0. The minimum Gasteiger partial charge on any atom is -0.316 e. The largest absolute Gasteiger partial charge is 0.316 e. The predicted molar refractivity (Wildman–Crippen MR) is 60.5 cm³/mol. The van der Waals surface area contributed by atoms with E-state index < -0.39 is 10.8 Å². The zero-order valence-corrected chi connectivity index (χ0v) is 10.3. The Labute approximate surface area is 84.9 Å². The molecule has 0 rings (SSSR count). The number of hydrogen-bond donors (Lipinski definition) is 1. The van der Waals surface area contributed by atoms with Gasteiger partial charge in [0.2, 0.25) is 0 Å². The minimum atomic E-state index is -0.659. The second-order valence-electron chi connectivity index (χ2n) is 4.52. The van der Waals surface area contributed by atoms with Crippen LogP contribution in [0.2, 0.25) is 0 Å². The van der Waals surface area contributed by atoms with Gasteiger partial charge in [-0.05, 0) is 18.9 Å². The third-order valence-corrected chi connectivity index (χ3v) is 3.75. The molecule has 2 atom stereocenters. The molecule has 0 saturated heterocycles. The Morgan fingerprint density at radius 1 is 1.38 bits per heavy atom. The topological polar surface area (TPSA) is 29.1 Å². The summed E-state index contributed by atoms with van der Waals surface area (Å²) in [7, 11) is 1.28. The maximum atomic E-state index is 11.5. The average molecular weight is 205 g/mol. The molecule has 13 heavy (non-hydrogen) atoms. The number of hydrogen-bond acceptors (Lipinski definition) is 2. The first-order chi connectivity index (χ1) is 5.91. The highest BCUT2D eigenvalue weighted by Gasteiger charge is 2.24. The minimum absolute atomic E-state index is 0.193. The zero-order valence-electron chi connectivity index (χ0n) is 9.52. The molecule has 2 unspecified atom stereocenters. The number of nitrogens with one attached hydrogen (secondary N) is 1. The van der Waals surface area contributed by atoms with Crippen LogP contribution < -0.4 is 5.32 Å². The van der Waals surface area contributed by atoms with Crippen molar-refractivity contribution in [3.63, 3.8) is 0 Å². The Kier molecular flexibility index (Phi) is 5.81. The fraction of sp³-hybridized carbons (Fsp3) is 1.00. The normalized spacial score (nSPS) is 17.0. The second-order valence-corrected chi connectivity index (χ2v) is 6.14. The summed E-state index contributed by atoms with van der Waals surface area (Å²) in [6, 6.07) is 0.347. The summed E-state index contributed by atoms with van der Waals surface area (Å²) in [5, 5.41) is 3.24. The fourth-order valence-electron chi connectivity index (χ4n) is 1.26. The molecule has 0 aliphatic heterocycles. The predicted octanol–water partition coefficient (Wildman–Crippen LogP) is 1.78. The third kappa shape index (κ3) is 5.42. The Hall–Kier alpha value is 0.110. The van der Waals surface area contributed by atoms with Crippen LogP contribution in [0.15, 0.2) is 0 Å². The molecule has 0 saturated carbocycles. The van der Waals surface area contributed by atoms with Gasteiger partial charge in [-0.1, -0.05) is 27.7 Å². The van der Waals surface area contributed by atoms with E-state index >= 15 is 0 Å². The van der Waals surface area contributed by atoms with Gasteiger partial charge in [-0.2, -0.15) is 0 Å². The molecule has 0 spiro atoms. The summed E-state index contributed by atoms with van der Waals surface area (Å²) in [4.78, 5) is 0. The molecule has 1 N–H and O–H groups in total. The highest BCUT2D eigenvalue weighted by atomic mass is 32.2. The van der Waals surface area contributed by atoms with Gasteiger partial charge in [-0.15, -0.1) is 0 Å². The lowest BCUT2D eigenvalue weighted by Gasteiger charge is -2.29. The lowest BCUT2D eigenvalue weighted by molar-refractivity contribution is 0.304. The van der Waals surface area contributed by atoms with E-state index in [-0.39, 0.29) is 5.41 Å². The van der Waals surface area contributed by atoms with Gasteiger partial charge in [0.1, 0.15) is 0 Å². The van der Waals surface area contributed by atoms with E-state index in [0.29, 0.717) is 6.04 Å². The maximum absolute atomic E-state index is 11.5. The number of rotatable bonds is 5. The van der Waals surface area contributed by atoms with Crippen LogP contribution >= 0.6 is 0 Å². The molecule has 0 aromatic rings. The van der Waals surface area contributed by atoms with Crippen LogP contribution in [0.5, 0.6) is 0 Å². The van der Waals surface area contributed by atoms with Gasteiger partial charge in [0, 0.05) is 28.3 Å².